The van der Waals surface area contributed by atoms with Crippen LogP contribution in [0.25, 0.3) is 10.8 Å². The number of benzene rings is 4. The van der Waals surface area contributed by atoms with E-state index in [1.54, 1.807) is 0 Å². The van der Waals surface area contributed by atoms with Crippen LogP contribution in [0.15, 0.2) is 89.7 Å². The quantitative estimate of drug-likeness (QED) is 0.0866. The van der Waals surface area contributed by atoms with Crippen LogP contribution in [0.2, 0.25) is 0 Å². The Bertz CT molecular complexity index is 2520. The molecule has 4 rings (SSSR count). The standard InChI is InChI=1S/C27H27N5O15S4/c1-28-18-9-8-15-16(25(18)31-29-17-6-4-5-7-22(17)49(36,37)38)12-24(50(39,40)41)26(27(15)33)32-30-19-13-21(46-3)23(14-20(19)45-2)48(34,35)11-10-47-51(42,43)44/h4-9,12-14,28,33H,10-11H2,1-3H3,(H,36,37,38)(H,39,40,41)(H,42,43,44)/b31-29+,32-30+. The minimum atomic E-state index is -5.18. The summed E-state index contributed by atoms with van der Waals surface area (Å²) in [5.41, 5.74) is -1.24. The topological polar surface area (TPSA) is 307 Å². The molecular formula is C27H27N5O15S4. The zero-order valence-electron chi connectivity index (χ0n) is 26.3. The van der Waals surface area contributed by atoms with Crippen LogP contribution in [0, 0.1) is 0 Å². The van der Waals surface area contributed by atoms with Crippen LogP contribution in [-0.2, 0) is 44.7 Å². The molecule has 4 aromatic rings. The Kier molecular flexibility index (Phi) is 11.3. The summed E-state index contributed by atoms with van der Waals surface area (Å²) >= 11 is 0. The molecule has 24 heteroatoms. The lowest BCUT2D eigenvalue weighted by Gasteiger charge is -2.14. The Hall–Kier alpha value is -4.82. The third-order valence-electron chi connectivity index (χ3n) is 6.80. The van der Waals surface area contributed by atoms with E-state index in [9.17, 15) is 47.9 Å². The van der Waals surface area contributed by atoms with Gasteiger partial charge in [0.15, 0.2) is 15.6 Å². The molecule has 0 saturated carbocycles. The fraction of sp³-hybridized carbons (Fsp3) is 0.185. The second kappa shape index (κ2) is 14.8. The van der Waals surface area contributed by atoms with E-state index >= 15 is 0 Å². The molecule has 0 spiro atoms. The smallest absolute Gasteiger partial charge is 0.397 e. The van der Waals surface area contributed by atoms with Gasteiger partial charge in [0.2, 0.25) is 0 Å². The van der Waals surface area contributed by atoms with Crippen LogP contribution in [0.4, 0.5) is 28.4 Å². The molecule has 0 bridgehead atoms. The second-order valence-corrected chi connectivity index (χ2v) is 15.9. The van der Waals surface area contributed by atoms with Crippen LogP contribution >= 0.6 is 0 Å². The lowest BCUT2D eigenvalue weighted by molar-refractivity contribution is 0.283. The fourth-order valence-corrected chi connectivity index (χ4v) is 7.44. The van der Waals surface area contributed by atoms with Gasteiger partial charge in [-0.2, -0.15) is 25.3 Å². The number of aromatic hydroxyl groups is 1. The van der Waals surface area contributed by atoms with Gasteiger partial charge in [-0.25, -0.2) is 12.6 Å². The van der Waals surface area contributed by atoms with Crippen molar-refractivity contribution in [1.82, 2.24) is 0 Å². The van der Waals surface area contributed by atoms with Crippen LogP contribution in [0.3, 0.4) is 0 Å². The SMILES string of the molecule is CNc1ccc2c(O)c(/N=N/c3cc(OC)c(S(=O)(=O)CCOS(=O)(=O)O)cc3OC)c(S(=O)(=O)O)cc2c1/N=N/c1ccccc1S(=O)(=O)O. The lowest BCUT2D eigenvalue weighted by atomic mass is 10.1. The normalized spacial score (nSPS) is 12.9. The summed E-state index contributed by atoms with van der Waals surface area (Å²) in [4.78, 5) is -2.05. The molecule has 0 radical (unpaired) electrons. The third kappa shape index (κ3) is 8.92. The number of rotatable bonds is 14. The number of hydrogen-bond acceptors (Lipinski definition) is 17. The maximum Gasteiger partial charge on any atom is 0.397 e. The largest absolute Gasteiger partial charge is 0.505 e. The van der Waals surface area contributed by atoms with Gasteiger partial charge >= 0.3 is 10.4 Å². The van der Waals surface area contributed by atoms with E-state index in [1.165, 1.54) is 37.4 Å². The van der Waals surface area contributed by atoms with Crippen LogP contribution in [0.1, 0.15) is 0 Å². The van der Waals surface area contributed by atoms with Crippen molar-refractivity contribution in [2.24, 2.45) is 20.5 Å². The van der Waals surface area contributed by atoms with Gasteiger partial charge in [-0.1, -0.05) is 12.1 Å². The number of sulfone groups is 1. The second-order valence-electron chi connectivity index (χ2n) is 9.94. The first kappa shape index (κ1) is 39.0. The van der Waals surface area contributed by atoms with Gasteiger partial charge in [0.25, 0.3) is 20.2 Å². The Morgan fingerprint density at radius 3 is 1.86 bits per heavy atom. The Morgan fingerprint density at radius 2 is 1.27 bits per heavy atom. The fourth-order valence-electron chi connectivity index (χ4n) is 4.51. The van der Waals surface area contributed by atoms with Gasteiger partial charge in [-0.05, 0) is 30.3 Å². The number of hydrogen-bond donors (Lipinski definition) is 5. The van der Waals surface area contributed by atoms with Crippen LogP contribution in [-0.4, -0.2) is 86.1 Å². The highest BCUT2D eigenvalue weighted by Gasteiger charge is 2.26. The molecular weight excluding hydrogens is 763 g/mol. The van der Waals surface area contributed by atoms with Crippen molar-refractivity contribution >= 4 is 79.7 Å². The number of phenols is 1. The van der Waals surface area contributed by atoms with E-state index in [0.717, 1.165) is 38.5 Å². The molecule has 0 atom stereocenters. The molecule has 0 saturated heterocycles. The highest BCUT2D eigenvalue weighted by molar-refractivity contribution is 7.91. The van der Waals surface area contributed by atoms with Gasteiger partial charge < -0.3 is 19.9 Å². The maximum atomic E-state index is 12.9. The summed E-state index contributed by atoms with van der Waals surface area (Å²) in [7, 11) is -15.5. The zero-order chi connectivity index (χ0) is 37.9. The van der Waals surface area contributed by atoms with Gasteiger partial charge in [-0.3, -0.25) is 13.7 Å². The predicted octanol–water partition coefficient (Wildman–Crippen LogP) is 4.52. The van der Waals surface area contributed by atoms with Gasteiger partial charge in [-0.15, -0.1) is 20.5 Å². The summed E-state index contributed by atoms with van der Waals surface area (Å²) in [5, 5.41) is 29.5. The van der Waals surface area contributed by atoms with Gasteiger partial charge in [0.1, 0.15) is 48.9 Å². The van der Waals surface area contributed by atoms with Gasteiger partial charge in [0, 0.05) is 30.0 Å². The monoisotopic (exact) mass is 789 g/mol. The number of methoxy groups -OCH3 is 2. The number of phenolic OH excluding ortho intramolecular Hbond substituents is 1. The van der Waals surface area contributed by atoms with E-state index in [2.05, 4.69) is 30.0 Å². The zero-order valence-corrected chi connectivity index (χ0v) is 29.6. The summed E-state index contributed by atoms with van der Waals surface area (Å²) in [6, 6.07) is 10.7. The molecule has 0 aliphatic carbocycles. The first-order chi connectivity index (χ1) is 23.7. The molecule has 0 heterocycles. The summed E-state index contributed by atoms with van der Waals surface area (Å²) in [6.45, 7) is -0.940. The van der Waals surface area contributed by atoms with Crippen molar-refractivity contribution in [1.29, 1.82) is 0 Å². The maximum absolute atomic E-state index is 12.9. The van der Waals surface area contributed by atoms with Crippen LogP contribution < -0.4 is 14.8 Å². The van der Waals surface area contributed by atoms with E-state index in [4.69, 9.17) is 14.0 Å². The first-order valence-corrected chi connectivity index (χ1v) is 19.6. The number of nitrogens with zero attached hydrogens (tertiary/aromatic N) is 4. The Morgan fingerprint density at radius 1 is 0.667 bits per heavy atom. The molecule has 51 heavy (non-hydrogen) atoms. The molecule has 5 N–H and O–H groups in total. The van der Waals surface area contributed by atoms with Crippen molar-refractivity contribution in [3.05, 3.63) is 54.6 Å². The number of fused-ring (bicyclic) bond motifs is 1. The molecule has 0 aliphatic rings. The molecule has 0 aliphatic heterocycles. The van der Waals surface area contributed by atoms with Crippen molar-refractivity contribution in [3.63, 3.8) is 0 Å². The van der Waals surface area contributed by atoms with E-state index in [1.807, 2.05) is 0 Å². The number of nitrogens with one attached hydrogen (secondary N) is 1. The van der Waals surface area contributed by atoms with Crippen molar-refractivity contribution in [3.8, 4) is 17.2 Å². The lowest BCUT2D eigenvalue weighted by Crippen LogP contribution is -2.16. The van der Waals surface area contributed by atoms with E-state index in [0.29, 0.717) is 0 Å². The molecule has 0 aromatic heterocycles. The number of ether oxygens (including phenoxy) is 2. The molecule has 0 amide bonds. The van der Waals surface area contributed by atoms with E-state index < -0.39 is 79.0 Å². The first-order valence-electron chi connectivity index (χ1n) is 13.7. The molecule has 0 unspecified atom stereocenters. The molecule has 0 fully saturated rings. The molecule has 20 nitrogen and oxygen atoms in total. The third-order valence-corrected chi connectivity index (χ3v) is 10.7. The van der Waals surface area contributed by atoms with E-state index in [-0.39, 0.29) is 45.0 Å². The summed E-state index contributed by atoms with van der Waals surface area (Å²) in [5.74, 6) is -2.36. The highest BCUT2D eigenvalue weighted by atomic mass is 32.3. The average molecular weight is 790 g/mol. The molecule has 4 aromatic carbocycles. The summed E-state index contributed by atoms with van der Waals surface area (Å²) < 4.78 is 139. The minimum absolute atomic E-state index is 0.0922. The van der Waals surface area contributed by atoms with Crippen LogP contribution in [0.5, 0.6) is 17.2 Å². The Labute approximate surface area is 290 Å². The predicted molar refractivity (Wildman–Crippen MR) is 179 cm³/mol. The number of azo groups is 2. The number of anilines is 1. The van der Waals surface area contributed by atoms with Crippen molar-refractivity contribution in [2.45, 2.75) is 14.7 Å². The van der Waals surface area contributed by atoms with Crippen molar-refractivity contribution < 1.29 is 66.1 Å². The van der Waals surface area contributed by atoms with Gasteiger partial charge in [0.05, 0.1) is 32.3 Å². The summed E-state index contributed by atoms with van der Waals surface area (Å²) in [6.07, 6.45) is 0. The molecule has 274 valence electrons. The Balaban J connectivity index is 1.89. The minimum Gasteiger partial charge on any atom is -0.505 e. The average Bonchev–Trinajstić information content (AvgIpc) is 3.04. The highest BCUT2D eigenvalue weighted by Crippen LogP contribution is 2.47. The van der Waals surface area contributed by atoms with Crippen molar-refractivity contribution in [2.75, 3.05) is 38.9 Å².